The molecule has 5 nitrogen and oxygen atoms in total. The van der Waals surface area contributed by atoms with Crippen LogP contribution in [0.2, 0.25) is 0 Å². The van der Waals surface area contributed by atoms with E-state index in [1.54, 1.807) is 0 Å². The van der Waals surface area contributed by atoms with Crippen LogP contribution in [0.5, 0.6) is 0 Å². The summed E-state index contributed by atoms with van der Waals surface area (Å²) in [6.45, 7) is -1.08. The molecule has 0 saturated carbocycles. The van der Waals surface area contributed by atoms with Gasteiger partial charge in [0, 0.05) is 25.8 Å². The van der Waals surface area contributed by atoms with Crippen LogP contribution in [0.3, 0.4) is 0 Å². The van der Waals surface area contributed by atoms with Gasteiger partial charge in [0.05, 0.1) is 12.8 Å². The van der Waals surface area contributed by atoms with Crippen LogP contribution >= 0.6 is 0 Å². The Morgan fingerprint density at radius 3 is 1.44 bits per heavy atom. The van der Waals surface area contributed by atoms with Gasteiger partial charge in [0.1, 0.15) is 6.54 Å². The molecule has 1 rings (SSSR count). The highest BCUT2D eigenvalue weighted by Crippen LogP contribution is 2.54. The highest BCUT2D eigenvalue weighted by Gasteiger charge is 2.75. The molecule has 216 valence electrons. The predicted molar refractivity (Wildman–Crippen MR) is 92.1 cm³/mol. The third kappa shape index (κ3) is 7.03. The van der Waals surface area contributed by atoms with Crippen molar-refractivity contribution in [3.05, 3.63) is 0 Å². The van der Waals surface area contributed by atoms with Crippen LogP contribution in [-0.2, 0) is 10.0 Å². The number of hydrogen-bond acceptors (Lipinski definition) is 3. The van der Waals surface area contributed by atoms with Crippen LogP contribution in [0.15, 0.2) is 0 Å². The van der Waals surface area contributed by atoms with Crippen molar-refractivity contribution in [3.63, 3.8) is 0 Å². The molecule has 0 radical (unpaired) electrons. The van der Waals surface area contributed by atoms with Crippen molar-refractivity contribution in [2.75, 3.05) is 32.6 Å². The topological polar surface area (TPSA) is 57.6 Å². The maximum Gasteiger partial charge on any atom is 0.431 e. The Bertz CT molecular complexity index is 795. The summed E-state index contributed by atoms with van der Waals surface area (Å²) in [5.74, 6) is -5.02. The maximum absolute atomic E-state index is 14.2. The lowest BCUT2D eigenvalue weighted by Crippen LogP contribution is -2.58. The maximum atomic E-state index is 14.2. The zero-order valence-corrected chi connectivity index (χ0v) is 18.9. The van der Waals surface area contributed by atoms with Gasteiger partial charge in [0.25, 0.3) is 11.3 Å². The molecule has 20 heteroatoms. The standard InChI is InChI=1S/C16H21F14N2O3S/c1-32(33)5-2-4-31(9-32)36(34,35)6-3-10(7-11(17,13(19,20)21)14(22,23)24)8-12(18,15(25,26)27)16(28,29)30/h10,33H,2-9H2,1H3/q+1. The minimum absolute atomic E-state index is 0.00226. The molecule has 0 spiro atoms. The molecule has 1 aliphatic heterocycles. The van der Waals surface area contributed by atoms with Crippen molar-refractivity contribution >= 4 is 10.0 Å². The summed E-state index contributed by atoms with van der Waals surface area (Å²) in [5.41, 5.74) is -12.8. The van der Waals surface area contributed by atoms with Gasteiger partial charge in [-0.05, 0) is 12.3 Å². The van der Waals surface area contributed by atoms with Gasteiger partial charge in [-0.1, -0.05) is 0 Å². The van der Waals surface area contributed by atoms with Gasteiger partial charge in [-0.15, -0.1) is 4.31 Å². The average molecular weight is 587 g/mol. The van der Waals surface area contributed by atoms with Crippen LogP contribution in [0.1, 0.15) is 25.7 Å². The highest BCUT2D eigenvalue weighted by atomic mass is 32.2. The van der Waals surface area contributed by atoms with Gasteiger partial charge in [-0.3, -0.25) is 0 Å². The Hall–Kier alpha value is -1.15. The van der Waals surface area contributed by atoms with E-state index in [1.807, 2.05) is 0 Å². The lowest BCUT2D eigenvalue weighted by molar-refractivity contribution is -1.10. The number of quaternary nitrogens is 1. The van der Waals surface area contributed by atoms with Crippen molar-refractivity contribution in [2.45, 2.75) is 61.7 Å². The van der Waals surface area contributed by atoms with Gasteiger partial charge >= 0.3 is 24.7 Å². The number of halogens is 14. The first-order valence-corrected chi connectivity index (χ1v) is 11.4. The normalized spacial score (nSPS) is 22.4. The van der Waals surface area contributed by atoms with Gasteiger partial charge in [0.2, 0.25) is 10.0 Å². The number of nitrogens with zero attached hydrogens (tertiary/aromatic N) is 2. The first kappa shape index (κ1) is 32.9. The molecule has 0 aromatic heterocycles. The Morgan fingerprint density at radius 1 is 0.778 bits per heavy atom. The summed E-state index contributed by atoms with van der Waals surface area (Å²) >= 11 is 0. The average Bonchev–Trinajstić information content (AvgIpc) is 2.61. The summed E-state index contributed by atoms with van der Waals surface area (Å²) in [5, 5.41) is 9.88. The van der Waals surface area contributed by atoms with Gasteiger partial charge in [-0.25, -0.2) is 22.4 Å². The van der Waals surface area contributed by atoms with Crippen LogP contribution in [0, 0.1) is 5.92 Å². The molecule has 0 aromatic carbocycles. The molecule has 1 fully saturated rings. The van der Waals surface area contributed by atoms with Gasteiger partial charge in [-0.2, -0.15) is 57.3 Å². The van der Waals surface area contributed by atoms with E-state index in [0.717, 1.165) is 7.05 Å². The second-order valence-corrected chi connectivity index (χ2v) is 10.8. The molecule has 36 heavy (non-hydrogen) atoms. The Kier molecular flexibility index (Phi) is 9.01. The molecular formula is C16H21F14N2O3S+. The molecule has 1 unspecified atom stereocenters. The van der Waals surface area contributed by atoms with E-state index < -0.39 is 88.3 Å². The summed E-state index contributed by atoms with van der Waals surface area (Å²) in [4.78, 5) is 0. The molecule has 1 saturated heterocycles. The van der Waals surface area contributed by atoms with Crippen LogP contribution in [0.25, 0.3) is 0 Å². The van der Waals surface area contributed by atoms with E-state index in [9.17, 15) is 75.1 Å². The largest absolute Gasteiger partial charge is 0.431 e. The van der Waals surface area contributed by atoms with Crippen molar-refractivity contribution < 1.29 is 79.7 Å². The Balaban J connectivity index is 3.44. The first-order chi connectivity index (χ1) is 15.6. The number of hydroxylamine groups is 3. The minimum atomic E-state index is -6.90. The second-order valence-electron chi connectivity index (χ2n) is 8.71. The third-order valence-electron chi connectivity index (χ3n) is 5.62. The van der Waals surface area contributed by atoms with E-state index in [-0.39, 0.29) is 19.5 Å². The fourth-order valence-corrected chi connectivity index (χ4v) is 5.32. The number of rotatable bonds is 8. The number of sulfonamides is 1. The van der Waals surface area contributed by atoms with Crippen molar-refractivity contribution in [1.82, 2.24) is 4.31 Å². The summed E-state index contributed by atoms with van der Waals surface area (Å²) < 4.78 is 208. The lowest BCUT2D eigenvalue weighted by Gasteiger charge is -2.38. The van der Waals surface area contributed by atoms with E-state index in [4.69, 9.17) is 0 Å². The fourth-order valence-electron chi connectivity index (χ4n) is 3.60. The Morgan fingerprint density at radius 2 is 1.14 bits per heavy atom. The summed E-state index contributed by atoms with van der Waals surface area (Å²) in [6, 6.07) is 0. The molecule has 0 aliphatic carbocycles. The zero-order chi connectivity index (χ0) is 28.8. The molecule has 1 atom stereocenters. The number of hydrogen-bond donors (Lipinski definition) is 1. The monoisotopic (exact) mass is 587 g/mol. The van der Waals surface area contributed by atoms with Gasteiger partial charge < -0.3 is 0 Å². The highest BCUT2D eigenvalue weighted by molar-refractivity contribution is 7.89. The van der Waals surface area contributed by atoms with Crippen molar-refractivity contribution in [2.24, 2.45) is 5.92 Å². The molecular weight excluding hydrogens is 566 g/mol. The summed E-state index contributed by atoms with van der Waals surface area (Å²) in [7, 11) is -3.72. The van der Waals surface area contributed by atoms with Crippen molar-refractivity contribution in [1.29, 1.82) is 0 Å². The molecule has 1 N–H and O–H groups in total. The number of alkyl halides is 14. The second kappa shape index (κ2) is 9.87. The van der Waals surface area contributed by atoms with Crippen molar-refractivity contribution in [3.8, 4) is 0 Å². The third-order valence-corrected chi connectivity index (χ3v) is 7.46. The molecule has 1 heterocycles. The molecule has 0 aromatic rings. The molecule has 0 bridgehead atoms. The Labute approximate surface area is 195 Å². The van der Waals surface area contributed by atoms with Gasteiger partial charge in [0.15, 0.2) is 6.67 Å². The predicted octanol–water partition coefficient (Wildman–Crippen LogP) is 5.27. The first-order valence-electron chi connectivity index (χ1n) is 9.79. The lowest BCUT2D eigenvalue weighted by atomic mass is 9.81. The summed E-state index contributed by atoms with van der Waals surface area (Å²) in [6.07, 6.45) is -35.8. The fraction of sp³-hybridized carbons (Fsp3) is 1.00. The van der Waals surface area contributed by atoms with E-state index >= 15 is 0 Å². The quantitative estimate of drug-likeness (QED) is 0.311. The van der Waals surface area contributed by atoms with E-state index in [0.29, 0.717) is 4.31 Å². The SMILES string of the molecule is C[N+]1(O)CCCN(S(=O)(=O)CCC(CC(F)(C(F)(F)F)C(F)(F)F)CC(F)(C(F)(F)F)C(F)(F)F)C1. The van der Waals surface area contributed by atoms with Crippen LogP contribution < -0.4 is 0 Å². The van der Waals surface area contributed by atoms with E-state index in [2.05, 4.69) is 0 Å². The smallest absolute Gasteiger partial charge is 0.224 e. The van der Waals surface area contributed by atoms with Crippen LogP contribution in [-0.4, -0.2) is 91.2 Å². The molecule has 1 aliphatic rings. The zero-order valence-electron chi connectivity index (χ0n) is 18.1. The van der Waals surface area contributed by atoms with Crippen LogP contribution in [0.4, 0.5) is 61.5 Å². The molecule has 0 amide bonds. The minimum Gasteiger partial charge on any atom is -0.224 e. The van der Waals surface area contributed by atoms with E-state index in [1.165, 1.54) is 0 Å².